The van der Waals surface area contributed by atoms with Crippen LogP contribution in [-0.4, -0.2) is 46.7 Å². The van der Waals surface area contributed by atoms with Gasteiger partial charge in [0.05, 0.1) is 34.7 Å². The van der Waals surface area contributed by atoms with Crippen LogP contribution in [0.5, 0.6) is 0 Å². The molecule has 5 aromatic rings. The maximum Gasteiger partial charge on any atom is 0.224 e. The summed E-state index contributed by atoms with van der Waals surface area (Å²) in [6.45, 7) is 2.06. The van der Waals surface area contributed by atoms with Gasteiger partial charge in [0.15, 0.2) is 11.5 Å². The first-order chi connectivity index (χ1) is 18.2. The minimum atomic E-state index is -0.0135. The van der Waals surface area contributed by atoms with Gasteiger partial charge in [0.1, 0.15) is 11.2 Å². The van der Waals surface area contributed by atoms with Gasteiger partial charge in [-0.2, -0.15) is 5.10 Å². The molecule has 0 saturated heterocycles. The van der Waals surface area contributed by atoms with E-state index in [1.165, 1.54) is 0 Å². The molecule has 184 valence electrons. The number of fused-ring (bicyclic) bond motifs is 2. The molecule has 1 amide bonds. The van der Waals surface area contributed by atoms with Crippen molar-refractivity contribution < 1.29 is 4.79 Å². The van der Waals surface area contributed by atoms with Crippen molar-refractivity contribution in [1.82, 2.24) is 35.1 Å². The molecule has 1 aliphatic heterocycles. The Morgan fingerprint density at radius 1 is 1.08 bits per heavy atom. The molecule has 0 atom stereocenters. The maximum atomic E-state index is 12.2. The molecule has 10 heteroatoms. The molecule has 6 heterocycles. The highest BCUT2D eigenvalue weighted by Gasteiger charge is 2.18. The smallest absolute Gasteiger partial charge is 0.224 e. The van der Waals surface area contributed by atoms with E-state index >= 15 is 0 Å². The number of aromatic amines is 2. The number of carbonyl (C=O) groups is 1. The van der Waals surface area contributed by atoms with E-state index in [4.69, 9.17) is 4.98 Å². The highest BCUT2D eigenvalue weighted by atomic mass is 16.1. The number of carbonyl (C=O) groups excluding carboxylic acids is 1. The number of nitrogens with one attached hydrogen (secondary N) is 3. The number of amides is 1. The summed E-state index contributed by atoms with van der Waals surface area (Å²) in [5.74, 6) is 0.633. The number of rotatable bonds is 7. The maximum absolute atomic E-state index is 12.2. The number of aromatic nitrogens is 7. The molecule has 0 saturated carbocycles. The molecule has 5 aromatic heterocycles. The molecule has 0 unspecified atom stereocenters. The summed E-state index contributed by atoms with van der Waals surface area (Å²) in [5.41, 5.74) is 7.22. The second-order valence-electron chi connectivity index (χ2n) is 8.98. The third-order valence-corrected chi connectivity index (χ3v) is 6.35. The highest BCUT2D eigenvalue weighted by Crippen LogP contribution is 2.30. The average molecular weight is 492 g/mol. The molecule has 10 nitrogen and oxygen atoms in total. The van der Waals surface area contributed by atoms with Crippen LogP contribution in [0.2, 0.25) is 0 Å². The number of allylic oxidation sites excluding steroid dienone is 1. The zero-order chi connectivity index (χ0) is 25.2. The fourth-order valence-electron chi connectivity index (χ4n) is 4.43. The van der Waals surface area contributed by atoms with Crippen LogP contribution in [0.15, 0.2) is 60.4 Å². The molecule has 0 bridgehead atoms. The molecule has 0 aromatic carbocycles. The van der Waals surface area contributed by atoms with Gasteiger partial charge < -0.3 is 10.3 Å². The highest BCUT2D eigenvalue weighted by molar-refractivity contribution is 6.10. The third-order valence-electron chi connectivity index (χ3n) is 6.35. The zero-order valence-electron chi connectivity index (χ0n) is 20.3. The Bertz CT molecular complexity index is 1680. The number of H-pyrrole nitrogens is 2. The third kappa shape index (κ3) is 4.49. The molecule has 0 radical (unpaired) electrons. The fourth-order valence-corrected chi connectivity index (χ4v) is 4.43. The van der Waals surface area contributed by atoms with Crippen LogP contribution in [0.25, 0.3) is 44.7 Å². The van der Waals surface area contributed by atoms with Crippen molar-refractivity contribution in [1.29, 1.82) is 0 Å². The summed E-state index contributed by atoms with van der Waals surface area (Å²) in [5, 5.41) is 11.2. The van der Waals surface area contributed by atoms with Gasteiger partial charge >= 0.3 is 0 Å². The predicted molar refractivity (Wildman–Crippen MR) is 143 cm³/mol. The normalized spacial score (nSPS) is 13.3. The molecule has 0 fully saturated rings. The lowest BCUT2D eigenvalue weighted by atomic mass is 10.0. The Kier molecular flexibility index (Phi) is 5.97. The van der Waals surface area contributed by atoms with Crippen LogP contribution in [0.4, 0.5) is 5.69 Å². The lowest BCUT2D eigenvalue weighted by molar-refractivity contribution is -0.116. The minimum Gasteiger partial charge on any atom is -0.335 e. The SMILES string of the molecule is CCCCC(=O)Nc1cncc(-c2cnc3n[nH]c(-c4nc5c(C6=NC=CCC6)cncc5[nH]4)c3c2)c1. The number of nitrogens with zero attached hydrogens (tertiary/aromatic N) is 6. The number of pyridine rings is 3. The van der Waals surface area contributed by atoms with Crippen molar-refractivity contribution in [3.05, 3.63) is 61.0 Å². The van der Waals surface area contributed by atoms with Crippen molar-refractivity contribution in [3.63, 3.8) is 0 Å². The number of anilines is 1. The van der Waals surface area contributed by atoms with Crippen LogP contribution in [0.3, 0.4) is 0 Å². The Morgan fingerprint density at radius 2 is 1.97 bits per heavy atom. The minimum absolute atomic E-state index is 0.0135. The average Bonchev–Trinajstić information content (AvgIpc) is 3.56. The summed E-state index contributed by atoms with van der Waals surface area (Å²) in [6, 6.07) is 3.90. The molecule has 37 heavy (non-hydrogen) atoms. The van der Waals surface area contributed by atoms with Gasteiger partial charge in [-0.3, -0.25) is 24.9 Å². The number of aliphatic imine (C=N–C) groups is 1. The van der Waals surface area contributed by atoms with Crippen LogP contribution in [0.1, 0.15) is 44.6 Å². The second kappa shape index (κ2) is 9.73. The van der Waals surface area contributed by atoms with Crippen LogP contribution < -0.4 is 5.32 Å². The van der Waals surface area contributed by atoms with E-state index in [0.29, 0.717) is 23.6 Å². The van der Waals surface area contributed by atoms with Gasteiger partial charge in [0, 0.05) is 47.9 Å². The van der Waals surface area contributed by atoms with Gasteiger partial charge in [-0.15, -0.1) is 0 Å². The predicted octanol–water partition coefficient (Wildman–Crippen LogP) is 5.18. The topological polar surface area (TPSA) is 137 Å². The Hall–Kier alpha value is -4.73. The second-order valence-corrected chi connectivity index (χ2v) is 8.98. The molecule has 3 N–H and O–H groups in total. The first-order valence-corrected chi connectivity index (χ1v) is 12.3. The van der Waals surface area contributed by atoms with Crippen LogP contribution in [-0.2, 0) is 4.79 Å². The number of imidazole rings is 1. The number of unbranched alkanes of at least 4 members (excludes halogenated alkanes) is 1. The van der Waals surface area contributed by atoms with Crippen molar-refractivity contribution in [3.8, 4) is 22.6 Å². The monoisotopic (exact) mass is 491 g/mol. The van der Waals surface area contributed by atoms with E-state index in [9.17, 15) is 4.79 Å². The summed E-state index contributed by atoms with van der Waals surface area (Å²) >= 11 is 0. The van der Waals surface area contributed by atoms with E-state index in [1.54, 1.807) is 24.8 Å². The van der Waals surface area contributed by atoms with Crippen molar-refractivity contribution >= 4 is 39.4 Å². The van der Waals surface area contributed by atoms with E-state index in [0.717, 1.165) is 70.2 Å². The van der Waals surface area contributed by atoms with E-state index < -0.39 is 0 Å². The lowest BCUT2D eigenvalue weighted by Crippen LogP contribution is -2.11. The first-order valence-electron chi connectivity index (χ1n) is 12.3. The molecule has 1 aliphatic rings. The lowest BCUT2D eigenvalue weighted by Gasteiger charge is -2.07. The number of hydrogen-bond donors (Lipinski definition) is 3. The van der Waals surface area contributed by atoms with Gasteiger partial charge in [-0.1, -0.05) is 19.4 Å². The summed E-state index contributed by atoms with van der Waals surface area (Å²) in [6.07, 6.45) is 16.7. The summed E-state index contributed by atoms with van der Waals surface area (Å²) in [4.78, 5) is 38.2. The van der Waals surface area contributed by atoms with E-state index in [2.05, 4.69) is 53.4 Å². The largest absolute Gasteiger partial charge is 0.335 e. The van der Waals surface area contributed by atoms with Crippen molar-refractivity contribution in [2.45, 2.75) is 39.0 Å². The van der Waals surface area contributed by atoms with Crippen LogP contribution >= 0.6 is 0 Å². The standard InChI is InChI=1S/C27H25N9O/c1-2-3-7-23(37)32-18-9-16(11-28-13-18)17-10-19-25(35-36-26(19)31-12-17)27-33-22-15-29-14-20(24(22)34-27)21-6-4-5-8-30-21/h5,8-15H,2-4,6-7H2,1H3,(H,32,37)(H,33,34)(H,31,35,36). The molecular weight excluding hydrogens is 466 g/mol. The van der Waals surface area contributed by atoms with Crippen molar-refractivity contribution in [2.75, 3.05) is 5.32 Å². The molecule has 0 aliphatic carbocycles. The van der Waals surface area contributed by atoms with Gasteiger partial charge in [0.2, 0.25) is 5.91 Å². The quantitative estimate of drug-likeness (QED) is 0.287. The molecule has 0 spiro atoms. The van der Waals surface area contributed by atoms with Gasteiger partial charge in [-0.25, -0.2) is 9.97 Å². The van der Waals surface area contributed by atoms with Gasteiger partial charge in [-0.05, 0) is 31.4 Å². The Labute approximate surface area is 212 Å². The molecule has 6 rings (SSSR count). The van der Waals surface area contributed by atoms with Gasteiger partial charge in [0.25, 0.3) is 0 Å². The summed E-state index contributed by atoms with van der Waals surface area (Å²) < 4.78 is 0. The first kappa shape index (κ1) is 22.7. The van der Waals surface area contributed by atoms with Crippen molar-refractivity contribution in [2.24, 2.45) is 4.99 Å². The zero-order valence-corrected chi connectivity index (χ0v) is 20.3. The van der Waals surface area contributed by atoms with E-state index in [-0.39, 0.29) is 5.91 Å². The van der Waals surface area contributed by atoms with Crippen LogP contribution in [0, 0.1) is 0 Å². The fraction of sp³-hybridized carbons (Fsp3) is 0.222. The molecular formula is C27H25N9O. The summed E-state index contributed by atoms with van der Waals surface area (Å²) in [7, 11) is 0. The number of hydrogen-bond acceptors (Lipinski definition) is 7. The van der Waals surface area contributed by atoms with E-state index in [1.807, 2.05) is 24.5 Å². The Morgan fingerprint density at radius 3 is 2.84 bits per heavy atom. The Balaban J connectivity index is 1.36.